The third kappa shape index (κ3) is 2.66. The summed E-state index contributed by atoms with van der Waals surface area (Å²) in [7, 11) is -3.41. The summed E-state index contributed by atoms with van der Waals surface area (Å²) in [5.74, 6) is -0.834. The lowest BCUT2D eigenvalue weighted by molar-refractivity contribution is 0.403. The molecule has 0 atom stereocenters. The highest BCUT2D eigenvalue weighted by Crippen LogP contribution is 2.30. The minimum Gasteiger partial charge on any atom is -0.504 e. The van der Waals surface area contributed by atoms with Crippen LogP contribution in [0.5, 0.6) is 11.5 Å². The van der Waals surface area contributed by atoms with Gasteiger partial charge >= 0.3 is 0 Å². The van der Waals surface area contributed by atoms with Gasteiger partial charge in [-0.1, -0.05) is 12.1 Å². The van der Waals surface area contributed by atoms with Crippen LogP contribution in [0.25, 0.3) is 22.1 Å². The fourth-order valence-corrected chi connectivity index (χ4v) is 2.91. The van der Waals surface area contributed by atoms with Crippen molar-refractivity contribution in [3.63, 3.8) is 0 Å². The van der Waals surface area contributed by atoms with E-state index in [0.29, 0.717) is 5.56 Å². The number of hydrogen-bond acceptors (Lipinski definition) is 6. The van der Waals surface area contributed by atoms with Crippen molar-refractivity contribution in [2.45, 2.75) is 4.90 Å². The Bertz CT molecular complexity index is 1080. The molecule has 1 aromatic heterocycles. The van der Waals surface area contributed by atoms with Gasteiger partial charge in [0.25, 0.3) is 0 Å². The molecule has 3 aromatic rings. The molecule has 7 heteroatoms. The fourth-order valence-electron chi connectivity index (χ4n) is 2.25. The number of aromatic hydroxyl groups is 2. The van der Waals surface area contributed by atoms with E-state index in [1.54, 1.807) is 6.07 Å². The first-order valence-electron chi connectivity index (χ1n) is 6.55. The minimum atomic E-state index is -3.41. The summed E-state index contributed by atoms with van der Waals surface area (Å²) in [4.78, 5) is 12.6. The van der Waals surface area contributed by atoms with Gasteiger partial charge < -0.3 is 14.6 Å². The first kappa shape index (κ1) is 15.1. The van der Waals surface area contributed by atoms with Crippen molar-refractivity contribution < 1.29 is 23.0 Å². The predicted octanol–water partition coefficient (Wildman–Crippen LogP) is 2.27. The standard InChI is InChI=1S/C16H12O6S/c1-23(20,21)10-4-2-3-9(5-10)12-8-22-15-7-14(18)13(17)6-11(15)16(12)19/h2-8,17-18H,1H3. The lowest BCUT2D eigenvalue weighted by Crippen LogP contribution is -2.05. The molecule has 2 N–H and O–H groups in total. The molecule has 0 saturated heterocycles. The molecule has 3 rings (SSSR count). The average Bonchev–Trinajstić information content (AvgIpc) is 2.49. The van der Waals surface area contributed by atoms with E-state index in [1.165, 1.54) is 24.5 Å². The van der Waals surface area contributed by atoms with E-state index >= 15 is 0 Å². The third-order valence-electron chi connectivity index (χ3n) is 3.44. The molecule has 1 heterocycles. The zero-order valence-corrected chi connectivity index (χ0v) is 12.8. The highest BCUT2D eigenvalue weighted by atomic mass is 32.2. The second kappa shape index (κ2) is 5.13. The molecule has 0 amide bonds. The second-order valence-electron chi connectivity index (χ2n) is 5.12. The maximum atomic E-state index is 12.6. The maximum Gasteiger partial charge on any atom is 0.200 e. The first-order chi connectivity index (χ1) is 10.8. The zero-order chi connectivity index (χ0) is 16.8. The van der Waals surface area contributed by atoms with Crippen molar-refractivity contribution in [1.82, 2.24) is 0 Å². The van der Waals surface area contributed by atoms with Gasteiger partial charge in [0.1, 0.15) is 11.8 Å². The van der Waals surface area contributed by atoms with Gasteiger partial charge in [-0.3, -0.25) is 4.79 Å². The number of phenolic OH excluding ortho intramolecular Hbond substituents is 2. The highest BCUT2D eigenvalue weighted by molar-refractivity contribution is 7.90. The molecule has 2 aromatic carbocycles. The third-order valence-corrected chi connectivity index (χ3v) is 4.55. The van der Waals surface area contributed by atoms with E-state index in [2.05, 4.69) is 0 Å². The van der Waals surface area contributed by atoms with E-state index in [4.69, 9.17) is 4.42 Å². The van der Waals surface area contributed by atoms with Crippen LogP contribution in [-0.4, -0.2) is 24.9 Å². The Labute approximate surface area is 131 Å². The van der Waals surface area contributed by atoms with Gasteiger partial charge in [0, 0.05) is 12.3 Å². The Hall–Kier alpha value is -2.80. The molecule has 0 spiro atoms. The first-order valence-corrected chi connectivity index (χ1v) is 8.44. The Morgan fingerprint density at radius 2 is 1.74 bits per heavy atom. The molecule has 0 saturated carbocycles. The molecule has 23 heavy (non-hydrogen) atoms. The van der Waals surface area contributed by atoms with Gasteiger partial charge in [-0.15, -0.1) is 0 Å². The van der Waals surface area contributed by atoms with Crippen LogP contribution < -0.4 is 5.43 Å². The summed E-state index contributed by atoms with van der Waals surface area (Å²) in [6.45, 7) is 0. The van der Waals surface area contributed by atoms with Gasteiger partial charge in [0.2, 0.25) is 5.43 Å². The zero-order valence-electron chi connectivity index (χ0n) is 12.0. The van der Waals surface area contributed by atoms with E-state index in [1.807, 2.05) is 0 Å². The fraction of sp³-hybridized carbons (Fsp3) is 0.0625. The van der Waals surface area contributed by atoms with Gasteiger partial charge in [0.05, 0.1) is 15.8 Å². The van der Waals surface area contributed by atoms with Gasteiger partial charge in [-0.05, 0) is 23.8 Å². The summed E-state index contributed by atoms with van der Waals surface area (Å²) < 4.78 is 28.6. The van der Waals surface area contributed by atoms with Crippen LogP contribution in [0, 0.1) is 0 Å². The van der Waals surface area contributed by atoms with Crippen LogP contribution >= 0.6 is 0 Å². The number of rotatable bonds is 2. The molecule has 6 nitrogen and oxygen atoms in total. The van der Waals surface area contributed by atoms with E-state index in [0.717, 1.165) is 18.4 Å². The van der Waals surface area contributed by atoms with Crippen molar-refractivity contribution >= 4 is 20.8 Å². The van der Waals surface area contributed by atoms with Crippen LogP contribution in [-0.2, 0) is 9.84 Å². The quantitative estimate of drug-likeness (QED) is 0.698. The molecular weight excluding hydrogens is 320 g/mol. The van der Waals surface area contributed by atoms with Crippen molar-refractivity contribution in [2.75, 3.05) is 6.26 Å². The van der Waals surface area contributed by atoms with Crippen LogP contribution in [0.4, 0.5) is 0 Å². The number of sulfone groups is 1. The van der Waals surface area contributed by atoms with Crippen molar-refractivity contribution in [3.05, 3.63) is 52.9 Å². The molecule has 0 fully saturated rings. The van der Waals surface area contributed by atoms with E-state index in [9.17, 15) is 23.4 Å². The SMILES string of the molecule is CS(=O)(=O)c1cccc(-c2coc3cc(O)c(O)cc3c2=O)c1. The molecule has 118 valence electrons. The summed E-state index contributed by atoms with van der Waals surface area (Å²) in [6.07, 6.45) is 2.28. The normalized spacial score (nSPS) is 11.7. The Morgan fingerprint density at radius 1 is 1.04 bits per heavy atom. The van der Waals surface area contributed by atoms with E-state index < -0.39 is 26.8 Å². The topological polar surface area (TPSA) is 105 Å². The molecule has 0 aliphatic heterocycles. The molecular formula is C16H12O6S. The van der Waals surface area contributed by atoms with Gasteiger partial charge in [0.15, 0.2) is 21.3 Å². The number of phenols is 2. The lowest BCUT2D eigenvalue weighted by Gasteiger charge is -2.06. The van der Waals surface area contributed by atoms with Gasteiger partial charge in [-0.25, -0.2) is 8.42 Å². The molecule has 0 aliphatic carbocycles. The van der Waals surface area contributed by atoms with Crippen LogP contribution in [0.2, 0.25) is 0 Å². The molecule has 0 aliphatic rings. The molecule has 0 radical (unpaired) electrons. The number of fused-ring (bicyclic) bond motifs is 1. The molecule has 0 bridgehead atoms. The van der Waals surface area contributed by atoms with Crippen LogP contribution in [0.3, 0.4) is 0 Å². The maximum absolute atomic E-state index is 12.6. The smallest absolute Gasteiger partial charge is 0.200 e. The summed E-state index contributed by atoms with van der Waals surface area (Å²) in [5, 5.41) is 19.1. The van der Waals surface area contributed by atoms with Crippen molar-refractivity contribution in [1.29, 1.82) is 0 Å². The summed E-state index contributed by atoms with van der Waals surface area (Å²) >= 11 is 0. The predicted molar refractivity (Wildman–Crippen MR) is 84.4 cm³/mol. The van der Waals surface area contributed by atoms with Crippen molar-refractivity contribution in [3.8, 4) is 22.6 Å². The highest BCUT2D eigenvalue weighted by Gasteiger charge is 2.14. The largest absolute Gasteiger partial charge is 0.504 e. The number of benzene rings is 2. The number of hydrogen-bond donors (Lipinski definition) is 2. The summed E-state index contributed by atoms with van der Waals surface area (Å²) in [6, 6.07) is 8.19. The Balaban J connectivity index is 2.28. The Kier molecular flexibility index (Phi) is 3.37. The van der Waals surface area contributed by atoms with Crippen LogP contribution in [0.15, 0.2) is 56.8 Å². The van der Waals surface area contributed by atoms with Gasteiger partial charge in [-0.2, -0.15) is 0 Å². The van der Waals surface area contributed by atoms with Crippen LogP contribution in [0.1, 0.15) is 0 Å². The average molecular weight is 332 g/mol. The molecule has 0 unspecified atom stereocenters. The van der Waals surface area contributed by atoms with Crippen molar-refractivity contribution in [2.24, 2.45) is 0 Å². The minimum absolute atomic E-state index is 0.0857. The monoisotopic (exact) mass is 332 g/mol. The Morgan fingerprint density at radius 3 is 2.43 bits per heavy atom. The lowest BCUT2D eigenvalue weighted by atomic mass is 10.1. The second-order valence-corrected chi connectivity index (χ2v) is 7.13. The summed E-state index contributed by atoms with van der Waals surface area (Å²) in [5.41, 5.74) is 0.227. The van der Waals surface area contributed by atoms with E-state index in [-0.39, 0.29) is 21.4 Å².